The topological polar surface area (TPSA) is 169 Å². The number of aliphatic hydroxyl groups is 1. The molecule has 0 radical (unpaired) electrons. The van der Waals surface area contributed by atoms with Gasteiger partial charge in [0.2, 0.25) is 5.91 Å². The lowest BCUT2D eigenvalue weighted by Crippen LogP contribution is -2.43. The Morgan fingerprint density at radius 2 is 1.18 bits per heavy atom. The normalized spacial score (nSPS) is 14.3. The minimum atomic E-state index is -4.71. The molecule has 11 nitrogen and oxygen atoms in total. The van der Waals surface area contributed by atoms with Gasteiger partial charge in [-0.15, -0.1) is 0 Å². The molecule has 0 bridgehead atoms. The molecule has 0 aliphatic rings. The van der Waals surface area contributed by atoms with Crippen molar-refractivity contribution in [3.05, 3.63) is 12.2 Å². The Labute approximate surface area is 265 Å². The Morgan fingerprint density at radius 1 is 0.727 bits per heavy atom. The van der Waals surface area contributed by atoms with E-state index in [9.17, 15) is 34.1 Å². The molecule has 0 aliphatic carbocycles. The molecule has 0 saturated heterocycles. The van der Waals surface area contributed by atoms with Crippen LogP contribution in [0.2, 0.25) is 0 Å². The number of phosphoric acid groups is 1. The Balaban J connectivity index is 3.75. The van der Waals surface area contributed by atoms with Gasteiger partial charge in [0.25, 0.3) is 0 Å². The number of carboxylic acid groups (broad SMARTS) is 1. The van der Waals surface area contributed by atoms with E-state index >= 15 is 0 Å². The number of aliphatic hydroxyl groups excluding tert-OH is 1. The molecular formula is C32H60NO10P. The van der Waals surface area contributed by atoms with Crippen LogP contribution in [0.4, 0.5) is 0 Å². The van der Waals surface area contributed by atoms with Crippen molar-refractivity contribution in [2.45, 2.75) is 154 Å². The van der Waals surface area contributed by atoms with Gasteiger partial charge in [-0.2, -0.15) is 0 Å². The lowest BCUT2D eigenvalue weighted by Gasteiger charge is -2.18. The van der Waals surface area contributed by atoms with Crippen molar-refractivity contribution in [3.8, 4) is 0 Å². The molecule has 0 spiro atoms. The van der Waals surface area contributed by atoms with Crippen molar-refractivity contribution >= 4 is 25.7 Å². The van der Waals surface area contributed by atoms with E-state index < -0.39 is 57.6 Å². The number of aliphatic carboxylic acids is 1. The highest BCUT2D eigenvalue weighted by atomic mass is 31.2. The molecule has 0 fully saturated rings. The van der Waals surface area contributed by atoms with Crippen LogP contribution in [0, 0.1) is 0 Å². The third-order valence-corrected chi connectivity index (χ3v) is 8.06. The summed E-state index contributed by atoms with van der Waals surface area (Å²) in [6.07, 6.45) is 26.5. The Morgan fingerprint density at radius 3 is 1.66 bits per heavy atom. The molecule has 0 heterocycles. The maximum Gasteiger partial charge on any atom is 0.472 e. The van der Waals surface area contributed by atoms with Gasteiger partial charge in [-0.05, 0) is 32.1 Å². The molecule has 0 saturated carbocycles. The van der Waals surface area contributed by atoms with Crippen LogP contribution in [-0.2, 0) is 32.7 Å². The summed E-state index contributed by atoms with van der Waals surface area (Å²) in [5.74, 6) is -2.56. The van der Waals surface area contributed by atoms with Crippen molar-refractivity contribution in [3.63, 3.8) is 0 Å². The van der Waals surface area contributed by atoms with Crippen molar-refractivity contribution < 1.29 is 47.8 Å². The van der Waals surface area contributed by atoms with Gasteiger partial charge in [0.1, 0.15) is 12.7 Å². The molecule has 0 aromatic heterocycles. The molecule has 258 valence electrons. The molecule has 0 rings (SSSR count). The summed E-state index contributed by atoms with van der Waals surface area (Å²) in [6.45, 7) is 1.47. The van der Waals surface area contributed by atoms with Gasteiger partial charge in [-0.1, -0.05) is 109 Å². The molecule has 0 aromatic rings. The molecule has 44 heavy (non-hydrogen) atoms. The zero-order valence-corrected chi connectivity index (χ0v) is 28.1. The van der Waals surface area contributed by atoms with E-state index in [2.05, 4.69) is 38.2 Å². The summed E-state index contributed by atoms with van der Waals surface area (Å²) < 4.78 is 25.7. The third kappa shape index (κ3) is 29.0. The van der Waals surface area contributed by atoms with Gasteiger partial charge in [-0.3, -0.25) is 18.6 Å². The fourth-order valence-corrected chi connectivity index (χ4v) is 5.28. The number of amides is 1. The number of hydrogen-bond donors (Lipinski definition) is 4. The van der Waals surface area contributed by atoms with Crippen LogP contribution in [0.1, 0.15) is 142 Å². The lowest BCUT2D eigenvalue weighted by molar-refractivity contribution is -0.144. The third-order valence-electron chi connectivity index (χ3n) is 7.11. The van der Waals surface area contributed by atoms with E-state index in [-0.39, 0.29) is 6.42 Å². The number of hydrogen-bond acceptors (Lipinski definition) is 8. The number of esters is 1. The first-order valence-electron chi connectivity index (χ1n) is 16.7. The average molecular weight is 650 g/mol. The molecule has 12 heteroatoms. The number of rotatable bonds is 31. The largest absolute Gasteiger partial charge is 0.480 e. The number of ether oxygens (including phenoxy) is 1. The van der Waals surface area contributed by atoms with Crippen molar-refractivity contribution in [2.75, 3.05) is 19.8 Å². The van der Waals surface area contributed by atoms with Gasteiger partial charge >= 0.3 is 19.8 Å². The summed E-state index contributed by atoms with van der Waals surface area (Å²) in [6, 6.07) is -1.54. The van der Waals surface area contributed by atoms with Crippen molar-refractivity contribution in [1.82, 2.24) is 5.32 Å². The van der Waals surface area contributed by atoms with E-state index in [1.165, 1.54) is 96.3 Å². The fraction of sp³-hybridized carbons (Fsp3) is 0.844. The van der Waals surface area contributed by atoms with Crippen molar-refractivity contribution in [1.29, 1.82) is 0 Å². The first-order chi connectivity index (χ1) is 21.1. The Kier molecular flexibility index (Phi) is 27.5. The Bertz CT molecular complexity index is 823. The predicted octanol–water partition coefficient (Wildman–Crippen LogP) is 6.99. The second kappa shape index (κ2) is 28.7. The van der Waals surface area contributed by atoms with Crippen LogP contribution in [0.15, 0.2) is 12.2 Å². The summed E-state index contributed by atoms with van der Waals surface area (Å²) in [5.41, 5.74) is 0. The SMILES string of the molecule is CCCCCCCC/C=C/CCCCCCCCCCCCCC(=O)NC(COP(=O)(O)OCC(O)COC(C)=O)C(=O)O. The van der Waals surface area contributed by atoms with Gasteiger partial charge in [0.05, 0.1) is 13.2 Å². The molecule has 0 aromatic carbocycles. The maximum atomic E-state index is 12.2. The number of allylic oxidation sites excluding steroid dienone is 2. The van der Waals surface area contributed by atoms with Crippen molar-refractivity contribution in [2.24, 2.45) is 0 Å². The smallest absolute Gasteiger partial charge is 0.472 e. The highest BCUT2D eigenvalue weighted by Crippen LogP contribution is 2.43. The lowest BCUT2D eigenvalue weighted by atomic mass is 10.0. The van der Waals surface area contributed by atoms with Crippen LogP contribution >= 0.6 is 7.82 Å². The van der Waals surface area contributed by atoms with Crippen LogP contribution < -0.4 is 5.32 Å². The second-order valence-corrected chi connectivity index (χ2v) is 12.9. The molecule has 4 N–H and O–H groups in total. The summed E-state index contributed by atoms with van der Waals surface area (Å²) in [7, 11) is -4.71. The van der Waals surface area contributed by atoms with E-state index in [4.69, 9.17) is 0 Å². The highest BCUT2D eigenvalue weighted by Gasteiger charge is 2.28. The fourth-order valence-electron chi connectivity index (χ4n) is 4.51. The number of carbonyl (C=O) groups is 3. The van der Waals surface area contributed by atoms with Gasteiger partial charge in [-0.25, -0.2) is 9.36 Å². The summed E-state index contributed by atoms with van der Waals surface area (Å²) in [5, 5.41) is 21.2. The standard InChI is InChI=1S/C32H60NO10P/c1-3-4-5-6-7-8-9-10-11-12-13-14-15-16-17-18-19-20-21-22-23-24-31(36)33-30(32(37)38)27-43-44(39,40)42-26-29(35)25-41-28(2)34/h10-11,29-30,35H,3-9,12-27H2,1-2H3,(H,33,36)(H,37,38)(H,39,40)/b11-10+. The molecule has 0 aliphatic heterocycles. The number of carboxylic acids is 1. The number of carbonyl (C=O) groups excluding carboxylic acids is 2. The number of phosphoric ester groups is 1. The average Bonchev–Trinajstić information content (AvgIpc) is 2.97. The zero-order valence-electron chi connectivity index (χ0n) is 27.2. The van der Waals surface area contributed by atoms with E-state index in [0.717, 1.165) is 26.2 Å². The Hall–Kier alpha value is -1.78. The molecular weight excluding hydrogens is 589 g/mol. The summed E-state index contributed by atoms with van der Waals surface area (Å²) in [4.78, 5) is 44.0. The molecule has 3 unspecified atom stereocenters. The minimum Gasteiger partial charge on any atom is -0.480 e. The zero-order chi connectivity index (χ0) is 32.9. The van der Waals surface area contributed by atoms with Crippen LogP contribution in [0.25, 0.3) is 0 Å². The highest BCUT2D eigenvalue weighted by molar-refractivity contribution is 7.47. The van der Waals surface area contributed by atoms with Gasteiger partial charge in [0, 0.05) is 13.3 Å². The monoisotopic (exact) mass is 649 g/mol. The first-order valence-corrected chi connectivity index (χ1v) is 18.2. The van der Waals surface area contributed by atoms with Gasteiger partial charge < -0.3 is 25.2 Å². The quantitative estimate of drug-likeness (QED) is 0.0266. The predicted molar refractivity (Wildman–Crippen MR) is 171 cm³/mol. The van der Waals surface area contributed by atoms with Crippen LogP contribution in [-0.4, -0.2) is 64.9 Å². The molecule has 3 atom stereocenters. The summed E-state index contributed by atoms with van der Waals surface area (Å²) >= 11 is 0. The molecule has 1 amide bonds. The van der Waals surface area contributed by atoms with Gasteiger partial charge in [0.15, 0.2) is 6.04 Å². The van der Waals surface area contributed by atoms with E-state index in [0.29, 0.717) is 6.42 Å². The second-order valence-electron chi connectivity index (χ2n) is 11.4. The van der Waals surface area contributed by atoms with Crippen LogP contribution in [0.3, 0.4) is 0 Å². The number of nitrogens with one attached hydrogen (secondary N) is 1. The number of unbranched alkanes of at least 4 members (excludes halogenated alkanes) is 17. The maximum absolute atomic E-state index is 12.2. The first kappa shape index (κ1) is 42.2. The minimum absolute atomic E-state index is 0.146. The van der Waals surface area contributed by atoms with E-state index in [1.807, 2.05) is 0 Å². The van der Waals surface area contributed by atoms with Crippen LogP contribution in [0.5, 0.6) is 0 Å². The van der Waals surface area contributed by atoms with E-state index in [1.54, 1.807) is 0 Å².